The molecule has 6 N–H and O–H groups in total. The lowest BCUT2D eigenvalue weighted by molar-refractivity contribution is 0.820. The summed E-state index contributed by atoms with van der Waals surface area (Å²) in [6.07, 6.45) is 3.20. The molecule has 0 saturated heterocycles. The van der Waals surface area contributed by atoms with Crippen LogP contribution < -0.4 is 16.5 Å². The van der Waals surface area contributed by atoms with Gasteiger partial charge in [-0.2, -0.15) is 9.89 Å². The molecule has 27 heavy (non-hydrogen) atoms. The van der Waals surface area contributed by atoms with E-state index in [2.05, 4.69) is 25.8 Å². The summed E-state index contributed by atoms with van der Waals surface area (Å²) in [5, 5.41) is 9.06. The number of anilines is 3. The fraction of sp³-hybridized carbons (Fsp3) is 0.0556. The van der Waals surface area contributed by atoms with Crippen molar-refractivity contribution >= 4 is 39.8 Å². The zero-order chi connectivity index (χ0) is 17.9. The van der Waals surface area contributed by atoms with Crippen molar-refractivity contribution in [3.63, 3.8) is 0 Å². The molecule has 0 amide bonds. The molecule has 2 aromatic carbocycles. The van der Waals surface area contributed by atoms with E-state index >= 15 is 0 Å². The van der Waals surface area contributed by atoms with Crippen LogP contribution in [0.25, 0.3) is 11.0 Å². The number of nitrogens with zero attached hydrogens (tertiary/aromatic N) is 4. The molecule has 0 aliphatic rings. The van der Waals surface area contributed by atoms with Crippen LogP contribution in [-0.2, 0) is 6.54 Å². The van der Waals surface area contributed by atoms with Gasteiger partial charge in [0.1, 0.15) is 12.1 Å². The minimum Gasteiger partial charge on any atom is -0.412 e. The minimum atomic E-state index is 0. The third-order valence-electron chi connectivity index (χ3n) is 3.88. The summed E-state index contributed by atoms with van der Waals surface area (Å²) >= 11 is 6.04. The summed E-state index contributed by atoms with van der Waals surface area (Å²) in [7, 11) is 0. The number of rotatable bonds is 5. The van der Waals surface area contributed by atoms with E-state index in [1.54, 1.807) is 11.0 Å². The monoisotopic (exact) mass is 383 g/mol. The van der Waals surface area contributed by atoms with E-state index < -0.39 is 0 Å². The largest absolute Gasteiger partial charge is 0.412 e. The molecule has 0 spiro atoms. The van der Waals surface area contributed by atoms with Gasteiger partial charge in [0, 0.05) is 17.3 Å². The van der Waals surface area contributed by atoms with E-state index in [1.165, 1.54) is 6.33 Å². The second-order valence-electron chi connectivity index (χ2n) is 5.66. The van der Waals surface area contributed by atoms with Crippen molar-refractivity contribution in [1.82, 2.24) is 19.9 Å². The van der Waals surface area contributed by atoms with Crippen molar-refractivity contribution in [2.24, 2.45) is 5.73 Å². The van der Waals surface area contributed by atoms with Gasteiger partial charge in [-0.15, -0.1) is 0 Å². The van der Waals surface area contributed by atoms with E-state index in [1.807, 2.05) is 48.5 Å². The van der Waals surface area contributed by atoms with Gasteiger partial charge in [0.15, 0.2) is 5.65 Å². The molecule has 138 valence electrons. The fourth-order valence-electron chi connectivity index (χ4n) is 2.57. The molecule has 0 atom stereocenters. The summed E-state index contributed by atoms with van der Waals surface area (Å²) in [4.78, 5) is 10.3. The predicted octanol–water partition coefficient (Wildman–Crippen LogP) is 2.73. The van der Waals surface area contributed by atoms with Crippen LogP contribution in [0.1, 0.15) is 5.56 Å². The number of hydrogen-bond donors (Lipinski definition) is 3. The molecule has 2 heterocycles. The maximum atomic E-state index is 6.04. The van der Waals surface area contributed by atoms with Gasteiger partial charge in [-0.1, -0.05) is 29.8 Å². The van der Waals surface area contributed by atoms with Crippen molar-refractivity contribution < 1.29 is 5.48 Å². The Balaban J connectivity index is 0.00000210. The SMILES string of the molecule is NCc1ccc(Nn2ncc3c(Nc4cccc(Cl)c4)ncnc32)cc1.O. The van der Waals surface area contributed by atoms with E-state index in [9.17, 15) is 0 Å². The quantitative estimate of drug-likeness (QED) is 0.486. The molecule has 2 aromatic heterocycles. The van der Waals surface area contributed by atoms with E-state index in [-0.39, 0.29) is 5.48 Å². The third kappa shape index (κ3) is 3.98. The molecule has 0 saturated carbocycles. The lowest BCUT2D eigenvalue weighted by Crippen LogP contribution is -2.11. The van der Waals surface area contributed by atoms with Crippen LogP contribution in [0.5, 0.6) is 0 Å². The van der Waals surface area contributed by atoms with Gasteiger partial charge in [-0.05, 0) is 35.9 Å². The van der Waals surface area contributed by atoms with Crippen LogP contribution in [-0.4, -0.2) is 25.3 Å². The molecule has 4 rings (SSSR count). The molecule has 0 unspecified atom stereocenters. The van der Waals surface area contributed by atoms with Crippen LogP contribution >= 0.6 is 11.6 Å². The highest BCUT2D eigenvalue weighted by Gasteiger charge is 2.10. The van der Waals surface area contributed by atoms with Gasteiger partial charge in [-0.25, -0.2) is 9.97 Å². The van der Waals surface area contributed by atoms with Gasteiger partial charge in [0.05, 0.1) is 17.3 Å². The van der Waals surface area contributed by atoms with Gasteiger partial charge >= 0.3 is 0 Å². The van der Waals surface area contributed by atoms with Crippen molar-refractivity contribution in [1.29, 1.82) is 0 Å². The number of halogens is 1. The second kappa shape index (κ2) is 8.00. The van der Waals surface area contributed by atoms with Crippen LogP contribution in [0.4, 0.5) is 17.2 Å². The number of fused-ring (bicyclic) bond motifs is 1. The standard InChI is InChI=1S/C18H16ClN7.H2O/c19-13-2-1-3-15(8-13)24-17-16-10-23-26(18(16)22-11-21-17)25-14-6-4-12(9-20)5-7-14;/h1-8,10-11,25H,9,20H2,(H,21,22,24);1H2. The maximum Gasteiger partial charge on any atom is 0.186 e. The summed E-state index contributed by atoms with van der Waals surface area (Å²) in [5.74, 6) is 0.656. The average molecular weight is 384 g/mol. The Hall–Kier alpha value is -3.20. The van der Waals surface area contributed by atoms with E-state index in [0.29, 0.717) is 23.0 Å². The molecule has 4 aromatic rings. The molecular weight excluding hydrogens is 366 g/mol. The Kier molecular flexibility index (Phi) is 5.51. The second-order valence-corrected chi connectivity index (χ2v) is 6.10. The molecule has 0 aliphatic heterocycles. The van der Waals surface area contributed by atoms with E-state index in [4.69, 9.17) is 17.3 Å². The summed E-state index contributed by atoms with van der Waals surface area (Å²) in [6, 6.07) is 15.3. The minimum absolute atomic E-state index is 0. The number of nitrogens with one attached hydrogen (secondary N) is 2. The zero-order valence-corrected chi connectivity index (χ0v) is 15.0. The van der Waals surface area contributed by atoms with Gasteiger partial charge in [0.25, 0.3) is 0 Å². The molecule has 0 fully saturated rings. The molecular formula is C18H18ClN7O. The maximum absolute atomic E-state index is 6.04. The van der Waals surface area contributed by atoms with Crippen LogP contribution in [0.2, 0.25) is 5.02 Å². The molecule has 8 nitrogen and oxygen atoms in total. The highest BCUT2D eigenvalue weighted by atomic mass is 35.5. The van der Waals surface area contributed by atoms with Crippen molar-refractivity contribution in [2.75, 3.05) is 10.7 Å². The Morgan fingerprint density at radius 2 is 1.85 bits per heavy atom. The predicted molar refractivity (Wildman–Crippen MR) is 107 cm³/mol. The first kappa shape index (κ1) is 18.6. The van der Waals surface area contributed by atoms with E-state index in [0.717, 1.165) is 22.3 Å². The first-order valence-corrected chi connectivity index (χ1v) is 8.38. The van der Waals surface area contributed by atoms with Crippen LogP contribution in [0.15, 0.2) is 61.1 Å². The summed E-state index contributed by atoms with van der Waals surface area (Å²) in [5.41, 5.74) is 12.3. The lowest BCUT2D eigenvalue weighted by atomic mass is 10.2. The van der Waals surface area contributed by atoms with Gasteiger partial charge in [-0.3, -0.25) is 5.43 Å². The van der Waals surface area contributed by atoms with Gasteiger partial charge < -0.3 is 16.5 Å². The normalized spacial score (nSPS) is 10.4. The number of benzene rings is 2. The fourth-order valence-corrected chi connectivity index (χ4v) is 2.76. The molecule has 0 radical (unpaired) electrons. The molecule has 0 aliphatic carbocycles. The van der Waals surface area contributed by atoms with Crippen LogP contribution in [0, 0.1) is 0 Å². The summed E-state index contributed by atoms with van der Waals surface area (Å²) < 4.78 is 0. The average Bonchev–Trinajstić information content (AvgIpc) is 3.06. The number of nitrogens with two attached hydrogens (primary N) is 1. The first-order chi connectivity index (χ1) is 12.7. The number of hydrogen-bond acceptors (Lipinski definition) is 6. The zero-order valence-electron chi connectivity index (χ0n) is 14.2. The van der Waals surface area contributed by atoms with Crippen LogP contribution in [0.3, 0.4) is 0 Å². The topological polar surface area (TPSA) is 125 Å². The van der Waals surface area contributed by atoms with Gasteiger partial charge in [0.2, 0.25) is 0 Å². The van der Waals surface area contributed by atoms with Crippen molar-refractivity contribution in [3.05, 3.63) is 71.6 Å². The Morgan fingerprint density at radius 3 is 2.59 bits per heavy atom. The molecule has 0 bridgehead atoms. The Bertz CT molecular complexity index is 1050. The first-order valence-electron chi connectivity index (χ1n) is 8.00. The summed E-state index contributed by atoms with van der Waals surface area (Å²) in [6.45, 7) is 0.511. The Morgan fingerprint density at radius 1 is 1.04 bits per heavy atom. The number of aromatic nitrogens is 4. The van der Waals surface area contributed by atoms with Crippen molar-refractivity contribution in [2.45, 2.75) is 6.54 Å². The highest BCUT2D eigenvalue weighted by Crippen LogP contribution is 2.24. The Labute approximate surface area is 160 Å². The molecule has 9 heteroatoms. The lowest BCUT2D eigenvalue weighted by Gasteiger charge is -2.09. The smallest absolute Gasteiger partial charge is 0.186 e. The third-order valence-corrected chi connectivity index (χ3v) is 4.11. The highest BCUT2D eigenvalue weighted by molar-refractivity contribution is 6.30. The van der Waals surface area contributed by atoms with Crippen molar-refractivity contribution in [3.8, 4) is 0 Å².